The van der Waals surface area contributed by atoms with Crippen LogP contribution < -0.4 is 4.90 Å². The number of rotatable bonds is 1. The Balaban J connectivity index is 1.87. The molecule has 1 fully saturated rings. The van der Waals surface area contributed by atoms with Crippen molar-refractivity contribution in [3.63, 3.8) is 0 Å². The molecule has 1 spiro atoms. The summed E-state index contributed by atoms with van der Waals surface area (Å²) in [4.78, 5) is 30.7. The lowest BCUT2D eigenvalue weighted by molar-refractivity contribution is -0.124. The molecule has 0 aliphatic carbocycles. The number of carbonyl (C=O) groups excluding carboxylic acids is 1. The Bertz CT molecular complexity index is 763. The number of pyridine rings is 1. The molecule has 0 saturated carbocycles. The molecule has 6 heteroatoms. The zero-order chi connectivity index (χ0) is 16.0. The molecule has 2 aliphatic rings. The van der Waals surface area contributed by atoms with Gasteiger partial charge in [0.15, 0.2) is 0 Å². The molecule has 0 bridgehead atoms. The number of likely N-dealkylation sites (tertiary alicyclic amines) is 1. The highest BCUT2D eigenvalue weighted by Crippen LogP contribution is 2.41. The molecular formula is C17H19N5O. The van der Waals surface area contributed by atoms with Crippen molar-refractivity contribution in [2.45, 2.75) is 25.3 Å². The van der Waals surface area contributed by atoms with Gasteiger partial charge in [0.25, 0.3) is 0 Å². The fraction of sp³-hybridized carbons (Fsp3) is 0.412. The van der Waals surface area contributed by atoms with Gasteiger partial charge >= 0.3 is 0 Å². The predicted octanol–water partition coefficient (Wildman–Crippen LogP) is 1.30. The van der Waals surface area contributed by atoms with Gasteiger partial charge in [0.05, 0.1) is 12.2 Å². The molecule has 0 aromatic carbocycles. The number of anilines is 1. The van der Waals surface area contributed by atoms with Crippen molar-refractivity contribution in [2.75, 3.05) is 25.0 Å². The van der Waals surface area contributed by atoms with Crippen molar-refractivity contribution < 1.29 is 4.79 Å². The lowest BCUT2D eigenvalue weighted by Gasteiger charge is -2.39. The average molecular weight is 309 g/mol. The van der Waals surface area contributed by atoms with E-state index in [1.807, 2.05) is 31.3 Å². The van der Waals surface area contributed by atoms with Crippen LogP contribution >= 0.6 is 0 Å². The molecule has 2 aromatic rings. The Labute approximate surface area is 135 Å². The standard InChI is InChI=1S/C17H19N5O/c1-12-19-9-13-10-22(14-5-3-4-7-18-14)16(23)17(15(13)20-12)6-8-21(2)11-17/h3-5,7,9H,6,8,10-11H2,1-2H3. The number of fused-ring (bicyclic) bond motifs is 2. The topological polar surface area (TPSA) is 62.2 Å². The molecule has 1 saturated heterocycles. The van der Waals surface area contributed by atoms with Crippen LogP contribution in [0.5, 0.6) is 0 Å². The maximum Gasteiger partial charge on any atom is 0.242 e. The van der Waals surface area contributed by atoms with Crippen LogP contribution in [-0.4, -0.2) is 45.9 Å². The van der Waals surface area contributed by atoms with Gasteiger partial charge in [-0.05, 0) is 39.1 Å². The molecule has 23 heavy (non-hydrogen) atoms. The number of amides is 1. The first-order valence-electron chi connectivity index (χ1n) is 7.85. The second-order valence-electron chi connectivity index (χ2n) is 6.44. The predicted molar refractivity (Wildman–Crippen MR) is 86.0 cm³/mol. The van der Waals surface area contributed by atoms with Crippen LogP contribution in [0.2, 0.25) is 0 Å². The van der Waals surface area contributed by atoms with Crippen molar-refractivity contribution >= 4 is 11.7 Å². The van der Waals surface area contributed by atoms with E-state index in [0.717, 1.165) is 30.0 Å². The van der Waals surface area contributed by atoms with Gasteiger partial charge in [0.1, 0.15) is 17.1 Å². The van der Waals surface area contributed by atoms with Crippen LogP contribution in [0.15, 0.2) is 30.6 Å². The Morgan fingerprint density at radius 2 is 2.13 bits per heavy atom. The first-order valence-corrected chi connectivity index (χ1v) is 7.85. The molecule has 6 nitrogen and oxygen atoms in total. The summed E-state index contributed by atoms with van der Waals surface area (Å²) in [5.74, 6) is 1.51. The van der Waals surface area contributed by atoms with E-state index in [1.54, 1.807) is 11.1 Å². The van der Waals surface area contributed by atoms with E-state index in [-0.39, 0.29) is 5.91 Å². The summed E-state index contributed by atoms with van der Waals surface area (Å²) >= 11 is 0. The molecule has 118 valence electrons. The highest BCUT2D eigenvalue weighted by atomic mass is 16.2. The quantitative estimate of drug-likeness (QED) is 0.794. The monoisotopic (exact) mass is 309 g/mol. The molecule has 0 N–H and O–H groups in total. The van der Waals surface area contributed by atoms with Crippen molar-refractivity contribution in [3.8, 4) is 0 Å². The number of aromatic nitrogens is 3. The number of likely N-dealkylation sites (N-methyl/N-ethyl adjacent to an activating group) is 1. The van der Waals surface area contributed by atoms with E-state index in [1.165, 1.54) is 0 Å². The maximum absolute atomic E-state index is 13.4. The number of hydrogen-bond donors (Lipinski definition) is 0. The summed E-state index contributed by atoms with van der Waals surface area (Å²) in [7, 11) is 2.05. The van der Waals surface area contributed by atoms with Gasteiger partial charge in [-0.3, -0.25) is 9.69 Å². The molecule has 4 rings (SSSR count). The van der Waals surface area contributed by atoms with Gasteiger partial charge in [-0.25, -0.2) is 15.0 Å². The summed E-state index contributed by atoms with van der Waals surface area (Å²) in [5, 5.41) is 0. The van der Waals surface area contributed by atoms with E-state index in [4.69, 9.17) is 0 Å². The molecular weight excluding hydrogens is 290 g/mol. The van der Waals surface area contributed by atoms with Gasteiger partial charge in [-0.15, -0.1) is 0 Å². The van der Waals surface area contributed by atoms with Crippen LogP contribution in [0, 0.1) is 6.92 Å². The zero-order valence-corrected chi connectivity index (χ0v) is 13.4. The molecule has 2 aromatic heterocycles. The number of carbonyl (C=O) groups is 1. The largest absolute Gasteiger partial charge is 0.305 e. The highest BCUT2D eigenvalue weighted by molar-refractivity contribution is 6.02. The smallest absolute Gasteiger partial charge is 0.242 e. The van der Waals surface area contributed by atoms with E-state index < -0.39 is 5.41 Å². The van der Waals surface area contributed by atoms with Gasteiger partial charge < -0.3 is 4.90 Å². The van der Waals surface area contributed by atoms with Crippen LogP contribution in [0.3, 0.4) is 0 Å². The third kappa shape index (κ3) is 2.13. The summed E-state index contributed by atoms with van der Waals surface area (Å²) in [5.41, 5.74) is 1.36. The summed E-state index contributed by atoms with van der Waals surface area (Å²) in [6, 6.07) is 5.64. The second kappa shape index (κ2) is 5.09. The molecule has 4 heterocycles. The fourth-order valence-corrected chi connectivity index (χ4v) is 3.69. The van der Waals surface area contributed by atoms with Crippen molar-refractivity contribution in [1.29, 1.82) is 0 Å². The minimum Gasteiger partial charge on any atom is -0.305 e. The Morgan fingerprint density at radius 1 is 1.26 bits per heavy atom. The number of hydrogen-bond acceptors (Lipinski definition) is 5. The minimum absolute atomic E-state index is 0.103. The number of nitrogens with zero attached hydrogens (tertiary/aromatic N) is 5. The molecule has 2 aliphatic heterocycles. The Kier molecular flexibility index (Phi) is 3.16. The summed E-state index contributed by atoms with van der Waals surface area (Å²) in [6.07, 6.45) is 4.37. The molecule has 1 unspecified atom stereocenters. The molecule has 1 amide bonds. The SMILES string of the molecule is Cc1ncc2c(n1)C1(CCN(C)C1)C(=O)N(c1ccccn1)C2. The zero-order valence-electron chi connectivity index (χ0n) is 13.4. The lowest BCUT2D eigenvalue weighted by Crippen LogP contribution is -2.53. The first-order chi connectivity index (χ1) is 11.1. The van der Waals surface area contributed by atoms with E-state index >= 15 is 0 Å². The third-order valence-electron chi connectivity index (χ3n) is 4.81. The maximum atomic E-state index is 13.4. The van der Waals surface area contributed by atoms with Gasteiger partial charge in [-0.2, -0.15) is 0 Å². The normalized spacial score (nSPS) is 24.3. The summed E-state index contributed by atoms with van der Waals surface area (Å²) in [6.45, 7) is 3.95. The molecule has 1 atom stereocenters. The lowest BCUT2D eigenvalue weighted by atomic mass is 9.77. The van der Waals surface area contributed by atoms with Crippen LogP contribution in [0.4, 0.5) is 5.82 Å². The van der Waals surface area contributed by atoms with Gasteiger partial charge in [0.2, 0.25) is 5.91 Å². The van der Waals surface area contributed by atoms with Crippen LogP contribution in [0.25, 0.3) is 0 Å². The Morgan fingerprint density at radius 3 is 2.83 bits per heavy atom. The van der Waals surface area contributed by atoms with Crippen molar-refractivity contribution in [1.82, 2.24) is 19.9 Å². The van der Waals surface area contributed by atoms with Gasteiger partial charge in [0, 0.05) is 24.5 Å². The second-order valence-corrected chi connectivity index (χ2v) is 6.44. The van der Waals surface area contributed by atoms with Gasteiger partial charge in [-0.1, -0.05) is 6.07 Å². The van der Waals surface area contributed by atoms with Crippen LogP contribution in [-0.2, 0) is 16.8 Å². The first kappa shape index (κ1) is 14.3. The third-order valence-corrected chi connectivity index (χ3v) is 4.81. The van der Waals surface area contributed by atoms with Crippen LogP contribution in [0.1, 0.15) is 23.5 Å². The fourth-order valence-electron chi connectivity index (χ4n) is 3.69. The van der Waals surface area contributed by atoms with Crippen molar-refractivity contribution in [2.24, 2.45) is 0 Å². The molecule has 0 radical (unpaired) electrons. The van der Waals surface area contributed by atoms with E-state index in [9.17, 15) is 4.79 Å². The average Bonchev–Trinajstić information content (AvgIpc) is 2.95. The van der Waals surface area contributed by atoms with Crippen molar-refractivity contribution in [3.05, 3.63) is 47.7 Å². The number of aryl methyl sites for hydroxylation is 1. The van der Waals surface area contributed by atoms with E-state index in [0.29, 0.717) is 18.9 Å². The van der Waals surface area contributed by atoms with E-state index in [2.05, 4.69) is 26.9 Å². The highest BCUT2D eigenvalue weighted by Gasteiger charge is 2.52. The minimum atomic E-state index is -0.576. The Hall–Kier alpha value is -2.34. The summed E-state index contributed by atoms with van der Waals surface area (Å²) < 4.78 is 0.